The van der Waals surface area contributed by atoms with Gasteiger partial charge in [-0.15, -0.1) is 22.7 Å². The lowest BCUT2D eigenvalue weighted by molar-refractivity contribution is 0.668. The molecule has 7 heterocycles. The smallest absolute Gasteiger partial charge is 0.135 e. The molecule has 0 saturated heterocycles. The molecule has 24 aromatic rings. The molecule has 5 nitrogen and oxygen atoms in total. The summed E-state index contributed by atoms with van der Waals surface area (Å²) >= 11 is 3.75. The summed E-state index contributed by atoms with van der Waals surface area (Å²) in [6.45, 7) is 14.9. The minimum absolute atomic E-state index is 0.966. The van der Waals surface area contributed by atoms with Crippen LogP contribution in [0.1, 0.15) is 38.9 Å². The van der Waals surface area contributed by atoms with Gasteiger partial charge in [0.05, 0.1) is 33.1 Å². The minimum Gasteiger partial charge on any atom is -0.456 e. The van der Waals surface area contributed by atoms with E-state index in [2.05, 4.69) is 408 Å². The lowest BCUT2D eigenvalue weighted by atomic mass is 10.1. The normalized spacial score (nSPS) is 11.2. The van der Waals surface area contributed by atoms with E-state index < -0.39 is 0 Å². The fraction of sp³-hybridized carbons (Fsp3) is 0.0642. The van der Waals surface area contributed by atoms with E-state index in [1.54, 1.807) is 0 Å². The van der Waals surface area contributed by atoms with Crippen LogP contribution in [0, 0.1) is 48.5 Å². The van der Waals surface area contributed by atoms with Crippen LogP contribution in [0.2, 0.25) is 0 Å². The van der Waals surface area contributed by atoms with E-state index in [4.69, 9.17) is 8.83 Å². The second-order valence-corrected chi connectivity index (χ2v) is 32.1. The largest absolute Gasteiger partial charge is 0.456 e. The number of fused-ring (bicyclic) bond motifs is 21. The van der Waals surface area contributed by atoms with Gasteiger partial charge >= 0.3 is 0 Å². The third-order valence-corrected chi connectivity index (χ3v) is 24.0. The summed E-state index contributed by atoms with van der Waals surface area (Å²) in [5, 5.41) is 18.3. The summed E-state index contributed by atoms with van der Waals surface area (Å²) in [6.07, 6.45) is 0. The molecule has 0 aliphatic rings. The number of hydrogen-bond acceptors (Lipinski definition) is 4. The van der Waals surface area contributed by atoms with Crippen molar-refractivity contribution < 1.29 is 8.83 Å². The Morgan fingerprint density at radius 3 is 1.13 bits per heavy atom. The maximum atomic E-state index is 5.73. The van der Waals surface area contributed by atoms with Gasteiger partial charge in [0.2, 0.25) is 0 Å². The highest BCUT2D eigenvalue weighted by atomic mass is 32.1. The molecule has 7 heteroatoms. The van der Waals surface area contributed by atoms with Gasteiger partial charge in [-0.1, -0.05) is 271 Å². The lowest BCUT2D eigenvalue weighted by Gasteiger charge is -2.08. The van der Waals surface area contributed by atoms with E-state index in [-0.39, 0.29) is 0 Å². The summed E-state index contributed by atoms with van der Waals surface area (Å²) in [4.78, 5) is 0. The number of hydrogen-bond donors (Lipinski definition) is 0. The first kappa shape index (κ1) is 73.6. The van der Waals surface area contributed by atoms with Crippen LogP contribution >= 0.6 is 22.7 Å². The number of thiophene rings is 2. The maximum Gasteiger partial charge on any atom is 0.135 e. The van der Waals surface area contributed by atoms with E-state index in [1.807, 2.05) is 65.1 Å². The molecule has 116 heavy (non-hydrogen) atoms. The molecule has 0 amide bonds. The number of para-hydroxylation sites is 9. The molecular formula is C109H85N3O2S2. The van der Waals surface area contributed by atoms with Crippen molar-refractivity contribution in [1.29, 1.82) is 0 Å². The summed E-state index contributed by atoms with van der Waals surface area (Å²) in [5.41, 5.74) is 24.2. The maximum absolute atomic E-state index is 5.73. The molecule has 17 aromatic carbocycles. The molecule has 560 valence electrons. The average molecular weight is 1530 g/mol. The summed E-state index contributed by atoms with van der Waals surface area (Å²) in [7, 11) is 0. The first-order valence-corrected chi connectivity index (χ1v) is 41.2. The van der Waals surface area contributed by atoms with Crippen LogP contribution < -0.4 is 0 Å². The second kappa shape index (κ2) is 32.3. The Bertz CT molecular complexity index is 7420. The van der Waals surface area contributed by atoms with Gasteiger partial charge in [-0.05, 0) is 204 Å². The fourth-order valence-corrected chi connectivity index (χ4v) is 18.5. The van der Waals surface area contributed by atoms with Crippen LogP contribution in [0.3, 0.4) is 0 Å². The van der Waals surface area contributed by atoms with E-state index in [1.165, 1.54) is 183 Å². The van der Waals surface area contributed by atoms with Gasteiger partial charge in [-0.2, -0.15) is 0 Å². The Morgan fingerprint density at radius 2 is 0.517 bits per heavy atom. The Morgan fingerprint density at radius 1 is 0.181 bits per heavy atom. The van der Waals surface area contributed by atoms with Crippen molar-refractivity contribution >= 4 is 172 Å². The van der Waals surface area contributed by atoms with Gasteiger partial charge in [0.15, 0.2) is 0 Å². The summed E-state index contributed by atoms with van der Waals surface area (Å²) in [5.74, 6) is 0. The standard InChI is InChI=1S/3C19H15N.2C13H10O.2C13H10S/c1-14-8-7-12-17-16-11-5-6-13-18(16)20(19(14)17)15-9-3-2-4-10-15;1-14-11-12-19-17(13-14)16-9-5-6-10-18(16)20(19)15-7-3-2-4-8-15;1-14-11-12-17-16-9-5-6-10-18(16)20(19(17)13-14)15-7-3-2-4-8-15;1-9-6-7-13-11(8-9)10-4-2-3-5-12(10)14-13;1-9-6-7-11-10-4-2-3-5-12(10)14-13(11)8-9;1-9-6-7-13-11(8-9)10-4-2-3-5-12(10)14-13;1-9-6-7-11-10-4-2-3-5-12(10)14-13(11)8-9/h3*2-13H,1H3;4*2-8H,1H3. The number of nitrogens with zero attached hydrogens (tertiary/aromatic N) is 3. The Hall–Kier alpha value is -13.8. The van der Waals surface area contributed by atoms with Crippen molar-refractivity contribution in [3.63, 3.8) is 0 Å². The molecule has 0 aliphatic heterocycles. The van der Waals surface area contributed by atoms with Crippen LogP contribution in [0.5, 0.6) is 0 Å². The van der Waals surface area contributed by atoms with Crippen molar-refractivity contribution in [3.05, 3.63) is 427 Å². The molecule has 0 fully saturated rings. The molecule has 0 atom stereocenters. The first-order valence-electron chi connectivity index (χ1n) is 39.6. The summed E-state index contributed by atoms with van der Waals surface area (Å²) in [6, 6.07) is 137. The van der Waals surface area contributed by atoms with E-state index >= 15 is 0 Å². The van der Waals surface area contributed by atoms with Crippen LogP contribution in [-0.2, 0) is 0 Å². The highest BCUT2D eigenvalue weighted by molar-refractivity contribution is 7.26. The second-order valence-electron chi connectivity index (χ2n) is 30.0. The number of furan rings is 2. The zero-order chi connectivity index (χ0) is 78.8. The van der Waals surface area contributed by atoms with Crippen molar-refractivity contribution in [1.82, 2.24) is 13.7 Å². The highest BCUT2D eigenvalue weighted by Gasteiger charge is 2.17. The van der Waals surface area contributed by atoms with Crippen LogP contribution in [0.15, 0.2) is 397 Å². The van der Waals surface area contributed by atoms with Crippen LogP contribution in [0.4, 0.5) is 0 Å². The van der Waals surface area contributed by atoms with Gasteiger partial charge in [0, 0.05) is 111 Å². The number of rotatable bonds is 3. The fourth-order valence-electron chi connectivity index (χ4n) is 16.3. The van der Waals surface area contributed by atoms with Crippen molar-refractivity contribution in [2.24, 2.45) is 0 Å². The third kappa shape index (κ3) is 14.7. The van der Waals surface area contributed by atoms with Gasteiger partial charge < -0.3 is 22.5 Å². The van der Waals surface area contributed by atoms with Gasteiger partial charge in [0.1, 0.15) is 22.3 Å². The van der Waals surface area contributed by atoms with Gasteiger partial charge in [0.25, 0.3) is 0 Å². The molecule has 7 aromatic heterocycles. The topological polar surface area (TPSA) is 41.1 Å². The zero-order valence-electron chi connectivity index (χ0n) is 65.9. The molecule has 0 saturated carbocycles. The molecular weight excluding hydrogens is 1450 g/mol. The predicted molar refractivity (Wildman–Crippen MR) is 502 cm³/mol. The average Bonchev–Trinajstić information content (AvgIpc) is 1.59. The molecule has 0 bridgehead atoms. The predicted octanol–water partition coefficient (Wildman–Crippen LogP) is 31.8. The van der Waals surface area contributed by atoms with E-state index in [0.29, 0.717) is 0 Å². The Labute approximate surface area is 682 Å². The SMILES string of the molecule is Cc1ccc2c(c1)c1ccccc1n2-c1ccccc1.Cc1ccc2c(c1)oc1ccccc12.Cc1ccc2c(c1)sc1ccccc12.Cc1ccc2c3ccccc3n(-c3ccccc3)c2c1.Cc1ccc2oc3ccccc3c2c1.Cc1ccc2sc3ccccc3c2c1.Cc1cccc2c3ccccc3n(-c3ccccc3)c12. The summed E-state index contributed by atoms with van der Waals surface area (Å²) < 4.78 is 24.0. The quantitative estimate of drug-likeness (QED) is 0.177. The Balaban J connectivity index is 0.0000000942. The van der Waals surface area contributed by atoms with E-state index in [9.17, 15) is 0 Å². The molecule has 0 unspecified atom stereocenters. The van der Waals surface area contributed by atoms with E-state index in [0.717, 1.165) is 22.3 Å². The van der Waals surface area contributed by atoms with Gasteiger partial charge in [-0.25, -0.2) is 0 Å². The molecule has 0 N–H and O–H groups in total. The number of aromatic nitrogens is 3. The lowest BCUT2D eigenvalue weighted by Crippen LogP contribution is -1.94. The van der Waals surface area contributed by atoms with Gasteiger partial charge in [-0.3, -0.25) is 0 Å². The molecule has 0 spiro atoms. The number of benzene rings is 17. The molecule has 0 aliphatic carbocycles. The first-order chi connectivity index (χ1) is 56.9. The van der Waals surface area contributed by atoms with Crippen LogP contribution in [0.25, 0.3) is 167 Å². The van der Waals surface area contributed by atoms with Crippen molar-refractivity contribution in [3.8, 4) is 17.1 Å². The number of aryl methyl sites for hydroxylation is 7. The minimum atomic E-state index is 0.966. The third-order valence-electron chi connectivity index (χ3n) is 21.7. The van der Waals surface area contributed by atoms with Crippen molar-refractivity contribution in [2.75, 3.05) is 0 Å². The molecule has 0 radical (unpaired) electrons. The highest BCUT2D eigenvalue weighted by Crippen LogP contribution is 2.40. The zero-order valence-corrected chi connectivity index (χ0v) is 67.6. The monoisotopic (exact) mass is 1530 g/mol. The van der Waals surface area contributed by atoms with Crippen molar-refractivity contribution in [2.45, 2.75) is 48.5 Å². The molecule has 24 rings (SSSR count). The van der Waals surface area contributed by atoms with Crippen LogP contribution in [-0.4, -0.2) is 13.7 Å². The Kier molecular flexibility index (Phi) is 20.5.